The first-order chi connectivity index (χ1) is 7.04. The Bertz CT molecular complexity index is 368. The van der Waals surface area contributed by atoms with Gasteiger partial charge in [-0.3, -0.25) is 4.79 Å². The van der Waals surface area contributed by atoms with Crippen molar-refractivity contribution in [2.45, 2.75) is 13.0 Å². The third-order valence-electron chi connectivity index (χ3n) is 1.91. The minimum Gasteiger partial charge on any atom is -0.348 e. The molecular formula is C10H12F2N2O. The Balaban J connectivity index is 2.82. The number of halogens is 2. The summed E-state index contributed by atoms with van der Waals surface area (Å²) in [5.41, 5.74) is 5.11. The maximum Gasteiger partial charge on any atom is 0.254 e. The molecule has 1 atom stereocenters. The molecule has 0 unspecified atom stereocenters. The predicted molar refractivity (Wildman–Crippen MR) is 52.3 cm³/mol. The van der Waals surface area contributed by atoms with Gasteiger partial charge >= 0.3 is 0 Å². The summed E-state index contributed by atoms with van der Waals surface area (Å²) < 4.78 is 25.7. The van der Waals surface area contributed by atoms with Gasteiger partial charge in [0.25, 0.3) is 5.91 Å². The van der Waals surface area contributed by atoms with Crippen molar-refractivity contribution in [2.24, 2.45) is 5.73 Å². The molecule has 3 nitrogen and oxygen atoms in total. The summed E-state index contributed by atoms with van der Waals surface area (Å²) in [6.45, 7) is 1.95. The van der Waals surface area contributed by atoms with Gasteiger partial charge in [0.05, 0.1) is 5.56 Å². The minimum absolute atomic E-state index is 0.184. The van der Waals surface area contributed by atoms with E-state index in [0.29, 0.717) is 6.07 Å². The second kappa shape index (κ2) is 4.84. The van der Waals surface area contributed by atoms with E-state index < -0.39 is 17.5 Å². The smallest absolute Gasteiger partial charge is 0.254 e. The molecule has 0 heterocycles. The summed E-state index contributed by atoms with van der Waals surface area (Å²) >= 11 is 0. The summed E-state index contributed by atoms with van der Waals surface area (Å²) in [6, 6.07) is 2.55. The first-order valence-corrected chi connectivity index (χ1v) is 4.50. The molecule has 1 aromatic rings. The zero-order chi connectivity index (χ0) is 11.4. The maximum absolute atomic E-state index is 13.1. The Hall–Kier alpha value is -1.49. The van der Waals surface area contributed by atoms with Crippen LogP contribution in [0.3, 0.4) is 0 Å². The summed E-state index contributed by atoms with van der Waals surface area (Å²) in [5, 5.41) is 2.48. The molecular weight excluding hydrogens is 202 g/mol. The molecule has 1 amide bonds. The number of nitrogens with one attached hydrogen (secondary N) is 1. The van der Waals surface area contributed by atoms with Gasteiger partial charge in [0.1, 0.15) is 11.6 Å². The summed E-state index contributed by atoms with van der Waals surface area (Å²) in [4.78, 5) is 11.4. The lowest BCUT2D eigenvalue weighted by atomic mass is 10.2. The molecule has 0 bridgehead atoms. The van der Waals surface area contributed by atoms with Gasteiger partial charge < -0.3 is 11.1 Å². The van der Waals surface area contributed by atoms with Gasteiger partial charge in [-0.25, -0.2) is 8.78 Å². The van der Waals surface area contributed by atoms with Crippen LogP contribution in [0.5, 0.6) is 0 Å². The van der Waals surface area contributed by atoms with Crippen molar-refractivity contribution in [3.63, 3.8) is 0 Å². The largest absolute Gasteiger partial charge is 0.348 e. The summed E-state index contributed by atoms with van der Waals surface area (Å²) in [5.74, 6) is -2.18. The van der Waals surface area contributed by atoms with Crippen LogP contribution in [0.4, 0.5) is 8.78 Å². The summed E-state index contributed by atoms with van der Waals surface area (Å²) in [6.07, 6.45) is 0. The van der Waals surface area contributed by atoms with Crippen LogP contribution in [0.15, 0.2) is 18.2 Å². The number of hydrogen-bond donors (Lipinski definition) is 2. The van der Waals surface area contributed by atoms with Crippen molar-refractivity contribution in [3.05, 3.63) is 35.4 Å². The maximum atomic E-state index is 13.1. The Morgan fingerprint density at radius 1 is 1.53 bits per heavy atom. The molecule has 3 N–H and O–H groups in total. The highest BCUT2D eigenvalue weighted by Crippen LogP contribution is 2.09. The first-order valence-electron chi connectivity index (χ1n) is 4.50. The SMILES string of the molecule is C[C@H](CN)NC(=O)c1ccc(F)cc1F. The van der Waals surface area contributed by atoms with Crippen molar-refractivity contribution in [2.75, 3.05) is 6.54 Å². The predicted octanol–water partition coefficient (Wildman–Crippen LogP) is 1.04. The molecule has 1 aromatic carbocycles. The van der Waals surface area contributed by atoms with E-state index in [1.165, 1.54) is 0 Å². The van der Waals surface area contributed by atoms with Crippen LogP contribution in [-0.4, -0.2) is 18.5 Å². The van der Waals surface area contributed by atoms with E-state index in [1.807, 2.05) is 0 Å². The third kappa shape index (κ3) is 2.99. The molecule has 0 aliphatic heterocycles. The lowest BCUT2D eigenvalue weighted by molar-refractivity contribution is 0.0937. The number of benzene rings is 1. The van der Waals surface area contributed by atoms with E-state index in [0.717, 1.165) is 12.1 Å². The topological polar surface area (TPSA) is 55.1 Å². The van der Waals surface area contributed by atoms with Crippen LogP contribution in [0.2, 0.25) is 0 Å². The number of nitrogens with two attached hydrogens (primary N) is 1. The van der Waals surface area contributed by atoms with Gasteiger partial charge in [0.15, 0.2) is 0 Å². The van der Waals surface area contributed by atoms with E-state index in [2.05, 4.69) is 5.32 Å². The van der Waals surface area contributed by atoms with Crippen molar-refractivity contribution in [3.8, 4) is 0 Å². The number of rotatable bonds is 3. The fourth-order valence-electron chi connectivity index (χ4n) is 1.03. The zero-order valence-electron chi connectivity index (χ0n) is 8.26. The van der Waals surface area contributed by atoms with Gasteiger partial charge in [-0.15, -0.1) is 0 Å². The van der Waals surface area contributed by atoms with E-state index in [1.54, 1.807) is 6.92 Å². The zero-order valence-corrected chi connectivity index (χ0v) is 8.26. The standard InChI is InChI=1S/C10H12F2N2O/c1-6(5-13)14-10(15)8-3-2-7(11)4-9(8)12/h2-4,6H,5,13H2,1H3,(H,14,15)/t6-/m1/s1. The van der Waals surface area contributed by atoms with Crippen LogP contribution in [-0.2, 0) is 0 Å². The monoisotopic (exact) mass is 214 g/mol. The van der Waals surface area contributed by atoms with E-state index in [-0.39, 0.29) is 18.2 Å². The fourth-order valence-corrected chi connectivity index (χ4v) is 1.03. The number of carbonyl (C=O) groups is 1. The number of hydrogen-bond acceptors (Lipinski definition) is 2. The highest BCUT2D eigenvalue weighted by molar-refractivity contribution is 5.94. The summed E-state index contributed by atoms with van der Waals surface area (Å²) in [7, 11) is 0. The number of amides is 1. The molecule has 0 fully saturated rings. The van der Waals surface area contributed by atoms with Crippen LogP contribution < -0.4 is 11.1 Å². The normalized spacial score (nSPS) is 12.3. The average molecular weight is 214 g/mol. The molecule has 5 heteroatoms. The quantitative estimate of drug-likeness (QED) is 0.790. The Labute approximate surface area is 86.3 Å². The molecule has 15 heavy (non-hydrogen) atoms. The molecule has 1 rings (SSSR count). The minimum atomic E-state index is -0.878. The van der Waals surface area contributed by atoms with Gasteiger partial charge in [-0.05, 0) is 19.1 Å². The van der Waals surface area contributed by atoms with Gasteiger partial charge in [0, 0.05) is 18.7 Å². The van der Waals surface area contributed by atoms with E-state index in [4.69, 9.17) is 5.73 Å². The molecule has 0 radical (unpaired) electrons. The Morgan fingerprint density at radius 2 is 2.20 bits per heavy atom. The van der Waals surface area contributed by atoms with E-state index in [9.17, 15) is 13.6 Å². The molecule has 82 valence electrons. The van der Waals surface area contributed by atoms with Crippen LogP contribution in [0.1, 0.15) is 17.3 Å². The second-order valence-corrected chi connectivity index (χ2v) is 3.23. The highest BCUT2D eigenvalue weighted by Gasteiger charge is 2.13. The molecule has 0 spiro atoms. The van der Waals surface area contributed by atoms with Crippen LogP contribution >= 0.6 is 0 Å². The molecule has 0 aromatic heterocycles. The molecule has 0 saturated heterocycles. The van der Waals surface area contributed by atoms with Gasteiger partial charge in [-0.2, -0.15) is 0 Å². The Morgan fingerprint density at radius 3 is 2.73 bits per heavy atom. The van der Waals surface area contributed by atoms with Crippen LogP contribution in [0, 0.1) is 11.6 Å². The molecule has 0 aliphatic rings. The van der Waals surface area contributed by atoms with Gasteiger partial charge in [0.2, 0.25) is 0 Å². The average Bonchev–Trinajstić information content (AvgIpc) is 2.17. The van der Waals surface area contributed by atoms with Crippen LogP contribution in [0.25, 0.3) is 0 Å². The van der Waals surface area contributed by atoms with Crippen molar-refractivity contribution < 1.29 is 13.6 Å². The van der Waals surface area contributed by atoms with Crippen molar-refractivity contribution in [1.29, 1.82) is 0 Å². The highest BCUT2D eigenvalue weighted by atomic mass is 19.1. The van der Waals surface area contributed by atoms with Gasteiger partial charge in [-0.1, -0.05) is 0 Å². The van der Waals surface area contributed by atoms with Crippen molar-refractivity contribution in [1.82, 2.24) is 5.32 Å². The Kier molecular flexibility index (Phi) is 3.74. The third-order valence-corrected chi connectivity index (χ3v) is 1.91. The molecule has 0 aliphatic carbocycles. The first kappa shape index (κ1) is 11.6. The van der Waals surface area contributed by atoms with Crippen molar-refractivity contribution >= 4 is 5.91 Å². The molecule has 0 saturated carbocycles. The lowest BCUT2D eigenvalue weighted by Gasteiger charge is -2.11. The number of carbonyl (C=O) groups excluding carboxylic acids is 1. The van der Waals surface area contributed by atoms with E-state index >= 15 is 0 Å². The lowest BCUT2D eigenvalue weighted by Crippen LogP contribution is -2.38. The fraction of sp³-hybridized carbons (Fsp3) is 0.300. The second-order valence-electron chi connectivity index (χ2n) is 3.23.